The molecule has 0 aromatic heterocycles. The molecule has 2 nitrogen and oxygen atoms in total. The normalized spacial score (nSPS) is 30.9. The van der Waals surface area contributed by atoms with Crippen LogP contribution in [0.2, 0.25) is 0 Å². The van der Waals surface area contributed by atoms with Gasteiger partial charge in [0.1, 0.15) is 5.60 Å². The number of carbonyl (C=O) groups is 1. The van der Waals surface area contributed by atoms with Crippen molar-refractivity contribution in [2.45, 2.75) is 97.0 Å². The van der Waals surface area contributed by atoms with Crippen molar-refractivity contribution in [3.8, 4) is 0 Å². The average Bonchev–Trinajstić information content (AvgIpc) is 2.49. The van der Waals surface area contributed by atoms with Gasteiger partial charge in [0.15, 0.2) is 0 Å². The zero-order valence-electron chi connectivity index (χ0n) is 13.7. The molecule has 2 unspecified atom stereocenters. The summed E-state index contributed by atoms with van der Waals surface area (Å²) >= 11 is 0. The molecule has 20 heavy (non-hydrogen) atoms. The Bertz CT molecular complexity index is 322. The Kier molecular flexibility index (Phi) is 5.14. The number of hydrogen-bond acceptors (Lipinski definition) is 2. The van der Waals surface area contributed by atoms with Crippen molar-refractivity contribution in [1.29, 1.82) is 0 Å². The molecule has 2 rings (SSSR count). The first-order chi connectivity index (χ1) is 9.59. The van der Waals surface area contributed by atoms with Gasteiger partial charge >= 0.3 is 5.97 Å². The largest absolute Gasteiger partial charge is 0.458 e. The van der Waals surface area contributed by atoms with Gasteiger partial charge in [-0.3, -0.25) is 4.79 Å². The Morgan fingerprint density at radius 1 is 1.00 bits per heavy atom. The summed E-state index contributed by atoms with van der Waals surface area (Å²) in [5.74, 6) is 0.0854. The van der Waals surface area contributed by atoms with E-state index in [-0.39, 0.29) is 17.5 Å². The van der Waals surface area contributed by atoms with Crippen molar-refractivity contribution < 1.29 is 9.53 Å². The Labute approximate surface area is 124 Å². The molecule has 0 N–H and O–H groups in total. The predicted molar refractivity (Wildman–Crippen MR) is 82.6 cm³/mol. The van der Waals surface area contributed by atoms with Gasteiger partial charge in [0.25, 0.3) is 0 Å². The lowest BCUT2D eigenvalue weighted by Crippen LogP contribution is -2.54. The molecule has 0 aromatic rings. The van der Waals surface area contributed by atoms with Gasteiger partial charge in [0.2, 0.25) is 0 Å². The first-order valence-electron chi connectivity index (χ1n) is 8.82. The highest BCUT2D eigenvalue weighted by Crippen LogP contribution is 2.56. The summed E-state index contributed by atoms with van der Waals surface area (Å²) in [5.41, 5.74) is 0.132. The van der Waals surface area contributed by atoms with Crippen molar-refractivity contribution in [2.75, 3.05) is 0 Å². The third-order valence-electron chi connectivity index (χ3n) is 6.14. The molecular weight excluding hydrogens is 248 g/mol. The molecule has 1 spiro atoms. The summed E-state index contributed by atoms with van der Waals surface area (Å²) in [6.45, 7) is 6.30. The number of rotatable bonds is 4. The van der Waals surface area contributed by atoms with E-state index in [1.54, 1.807) is 0 Å². The standard InChI is InChI=1S/C18H32O2/c1-4-15(3)16(19)20-18(5-2)14-10-9-13-17(18)11-7-6-8-12-17/h15H,4-14H2,1-3H3. The molecule has 2 heteroatoms. The molecule has 0 aliphatic heterocycles. The van der Waals surface area contributed by atoms with Gasteiger partial charge in [-0.15, -0.1) is 0 Å². The van der Waals surface area contributed by atoms with Crippen LogP contribution >= 0.6 is 0 Å². The van der Waals surface area contributed by atoms with Crippen molar-refractivity contribution in [3.63, 3.8) is 0 Å². The van der Waals surface area contributed by atoms with E-state index in [4.69, 9.17) is 4.74 Å². The molecule has 2 atom stereocenters. The van der Waals surface area contributed by atoms with Gasteiger partial charge in [0, 0.05) is 5.41 Å². The summed E-state index contributed by atoms with van der Waals surface area (Å²) in [7, 11) is 0. The summed E-state index contributed by atoms with van der Waals surface area (Å²) in [5, 5.41) is 0. The highest BCUT2D eigenvalue weighted by Gasteiger charge is 2.54. The van der Waals surface area contributed by atoms with E-state index in [0.29, 0.717) is 5.41 Å². The first kappa shape index (κ1) is 15.9. The van der Waals surface area contributed by atoms with Crippen LogP contribution in [-0.2, 0) is 9.53 Å². The Balaban J connectivity index is 2.22. The van der Waals surface area contributed by atoms with E-state index >= 15 is 0 Å². The summed E-state index contributed by atoms with van der Waals surface area (Å²) in [6.07, 6.45) is 13.3. The second-order valence-corrected chi connectivity index (χ2v) is 7.13. The Morgan fingerprint density at radius 3 is 2.10 bits per heavy atom. The molecule has 2 aliphatic rings. The third kappa shape index (κ3) is 2.76. The van der Waals surface area contributed by atoms with Crippen LogP contribution < -0.4 is 0 Å². The zero-order chi connectivity index (χ0) is 14.6. The lowest BCUT2D eigenvalue weighted by Gasteiger charge is -2.55. The topological polar surface area (TPSA) is 26.3 Å². The fourth-order valence-electron chi connectivity index (χ4n) is 4.54. The monoisotopic (exact) mass is 280 g/mol. The van der Waals surface area contributed by atoms with Crippen LogP contribution in [0.15, 0.2) is 0 Å². The molecule has 2 saturated carbocycles. The zero-order valence-corrected chi connectivity index (χ0v) is 13.7. The van der Waals surface area contributed by atoms with E-state index in [1.807, 2.05) is 6.92 Å². The van der Waals surface area contributed by atoms with Gasteiger partial charge in [-0.1, -0.05) is 46.5 Å². The van der Waals surface area contributed by atoms with Crippen LogP contribution in [0, 0.1) is 11.3 Å². The lowest BCUT2D eigenvalue weighted by molar-refractivity contribution is -0.197. The lowest BCUT2D eigenvalue weighted by atomic mass is 9.56. The molecule has 0 amide bonds. The average molecular weight is 280 g/mol. The minimum absolute atomic E-state index is 0.0426. The van der Waals surface area contributed by atoms with Crippen molar-refractivity contribution in [1.82, 2.24) is 0 Å². The fourth-order valence-corrected chi connectivity index (χ4v) is 4.54. The fraction of sp³-hybridized carbons (Fsp3) is 0.944. The number of esters is 1. The minimum atomic E-state index is -0.161. The molecule has 0 aromatic carbocycles. The van der Waals surface area contributed by atoms with E-state index < -0.39 is 0 Å². The summed E-state index contributed by atoms with van der Waals surface area (Å²) < 4.78 is 6.24. The van der Waals surface area contributed by atoms with E-state index in [1.165, 1.54) is 51.4 Å². The number of hydrogen-bond donors (Lipinski definition) is 0. The predicted octanol–water partition coefficient (Wildman–Crippen LogP) is 5.25. The highest BCUT2D eigenvalue weighted by atomic mass is 16.6. The van der Waals surface area contributed by atoms with Crippen LogP contribution in [0.1, 0.15) is 91.4 Å². The van der Waals surface area contributed by atoms with Gasteiger partial charge in [-0.2, -0.15) is 0 Å². The summed E-state index contributed by atoms with van der Waals surface area (Å²) in [4.78, 5) is 12.4. The third-order valence-corrected chi connectivity index (χ3v) is 6.14. The molecule has 0 radical (unpaired) electrons. The van der Waals surface area contributed by atoms with Crippen LogP contribution in [0.25, 0.3) is 0 Å². The Morgan fingerprint density at radius 2 is 1.55 bits per heavy atom. The maximum Gasteiger partial charge on any atom is 0.309 e. The van der Waals surface area contributed by atoms with Crippen molar-refractivity contribution in [3.05, 3.63) is 0 Å². The van der Waals surface area contributed by atoms with Crippen molar-refractivity contribution in [2.24, 2.45) is 11.3 Å². The van der Waals surface area contributed by atoms with Gasteiger partial charge in [-0.25, -0.2) is 0 Å². The van der Waals surface area contributed by atoms with Crippen LogP contribution in [0.3, 0.4) is 0 Å². The smallest absolute Gasteiger partial charge is 0.309 e. The number of carbonyl (C=O) groups excluding carboxylic acids is 1. The molecule has 0 bridgehead atoms. The maximum atomic E-state index is 12.4. The van der Waals surface area contributed by atoms with E-state index in [2.05, 4.69) is 13.8 Å². The molecule has 0 saturated heterocycles. The molecule has 2 fully saturated rings. The van der Waals surface area contributed by atoms with E-state index in [9.17, 15) is 4.79 Å². The Hall–Kier alpha value is -0.530. The quantitative estimate of drug-likeness (QED) is 0.657. The van der Waals surface area contributed by atoms with Crippen LogP contribution in [0.5, 0.6) is 0 Å². The number of ether oxygens (including phenoxy) is 1. The van der Waals surface area contributed by atoms with Crippen molar-refractivity contribution >= 4 is 5.97 Å². The summed E-state index contributed by atoms with van der Waals surface area (Å²) in [6, 6.07) is 0. The van der Waals surface area contributed by atoms with Crippen LogP contribution in [-0.4, -0.2) is 11.6 Å². The second-order valence-electron chi connectivity index (χ2n) is 7.13. The molecule has 2 aliphatic carbocycles. The van der Waals surface area contributed by atoms with E-state index in [0.717, 1.165) is 19.3 Å². The maximum absolute atomic E-state index is 12.4. The molecule has 0 heterocycles. The van der Waals surface area contributed by atoms with Crippen LogP contribution in [0.4, 0.5) is 0 Å². The molecule has 116 valence electrons. The SMILES string of the molecule is CCC(C)C(=O)OC1(CC)CCCCC12CCCCC2. The second kappa shape index (κ2) is 6.49. The van der Waals surface area contributed by atoms with Gasteiger partial charge in [-0.05, 0) is 44.9 Å². The first-order valence-corrected chi connectivity index (χ1v) is 8.82. The highest BCUT2D eigenvalue weighted by molar-refractivity contribution is 5.72. The minimum Gasteiger partial charge on any atom is -0.458 e. The van der Waals surface area contributed by atoms with Gasteiger partial charge < -0.3 is 4.74 Å². The van der Waals surface area contributed by atoms with Gasteiger partial charge in [0.05, 0.1) is 5.92 Å². The molecular formula is C18H32O2.